The average molecular weight is 294 g/mol. The Morgan fingerprint density at radius 3 is 2.10 bits per heavy atom. The molecule has 1 amide bonds. The van der Waals surface area contributed by atoms with Gasteiger partial charge in [-0.3, -0.25) is 4.79 Å². The topological polar surface area (TPSA) is 73.6 Å². The Morgan fingerprint density at radius 2 is 1.71 bits per heavy atom. The first-order valence-corrected chi connectivity index (χ1v) is 7.05. The van der Waals surface area contributed by atoms with E-state index in [0.29, 0.717) is 23.6 Å². The molecule has 5 nitrogen and oxygen atoms in total. The molecule has 1 aromatic rings. The first kappa shape index (κ1) is 17.3. The largest absolute Gasteiger partial charge is 0.497 e. The minimum atomic E-state index is -0.152. The molecular formula is C16H26N2O3. The van der Waals surface area contributed by atoms with Gasteiger partial charge in [-0.15, -0.1) is 0 Å². The van der Waals surface area contributed by atoms with Crippen LogP contribution in [0.15, 0.2) is 18.2 Å². The van der Waals surface area contributed by atoms with Crippen LogP contribution in [0, 0.1) is 5.41 Å². The fraction of sp³-hybridized carbons (Fsp3) is 0.562. The van der Waals surface area contributed by atoms with Crippen molar-refractivity contribution >= 4 is 5.91 Å². The van der Waals surface area contributed by atoms with Crippen LogP contribution in [0.4, 0.5) is 0 Å². The molecule has 1 atom stereocenters. The third kappa shape index (κ3) is 4.93. The fourth-order valence-electron chi connectivity index (χ4n) is 2.07. The number of nitrogens with two attached hydrogens (primary N) is 1. The highest BCUT2D eigenvalue weighted by Gasteiger charge is 2.26. The molecule has 118 valence electrons. The average Bonchev–Trinajstić information content (AvgIpc) is 2.45. The van der Waals surface area contributed by atoms with Gasteiger partial charge in [0.15, 0.2) is 0 Å². The van der Waals surface area contributed by atoms with Crippen LogP contribution in [0.1, 0.15) is 37.6 Å². The lowest BCUT2D eigenvalue weighted by Gasteiger charge is -2.31. The van der Waals surface area contributed by atoms with Gasteiger partial charge in [0.1, 0.15) is 11.5 Å². The molecule has 0 aliphatic heterocycles. The van der Waals surface area contributed by atoms with Crippen molar-refractivity contribution in [3.63, 3.8) is 0 Å². The van der Waals surface area contributed by atoms with Crippen LogP contribution in [-0.2, 0) is 0 Å². The number of hydrogen-bond acceptors (Lipinski definition) is 4. The quantitative estimate of drug-likeness (QED) is 0.843. The Kier molecular flexibility index (Phi) is 6.03. The molecule has 5 heteroatoms. The molecule has 0 aromatic heterocycles. The second-order valence-electron chi connectivity index (χ2n) is 6.07. The number of ether oxygens (including phenoxy) is 2. The zero-order valence-corrected chi connectivity index (χ0v) is 13.5. The molecule has 3 N–H and O–H groups in total. The Hall–Kier alpha value is -1.75. The minimum absolute atomic E-state index is 0.00666. The van der Waals surface area contributed by atoms with Crippen LogP contribution >= 0.6 is 0 Å². The number of carbonyl (C=O) groups excluding carboxylic acids is 1. The molecule has 1 rings (SSSR count). The van der Waals surface area contributed by atoms with Crippen LogP contribution in [0.3, 0.4) is 0 Å². The number of nitrogens with one attached hydrogen (secondary N) is 1. The summed E-state index contributed by atoms with van der Waals surface area (Å²) in [5.74, 6) is 1.02. The minimum Gasteiger partial charge on any atom is -0.497 e. The standard InChI is InChI=1S/C16H26N2O3/c1-16(2,3)14(6-7-17)18-15(19)11-8-12(20-4)10-13(9-11)21-5/h8-10,14H,6-7,17H2,1-5H3,(H,18,19). The van der Waals surface area contributed by atoms with Crippen LogP contribution in [0.2, 0.25) is 0 Å². The fourth-order valence-corrected chi connectivity index (χ4v) is 2.07. The Labute approximate surface area is 126 Å². The molecule has 0 saturated heterocycles. The molecule has 0 heterocycles. The van der Waals surface area contributed by atoms with Gasteiger partial charge in [-0.25, -0.2) is 0 Å². The van der Waals surface area contributed by atoms with E-state index in [1.54, 1.807) is 32.4 Å². The van der Waals surface area contributed by atoms with Gasteiger partial charge < -0.3 is 20.5 Å². The van der Waals surface area contributed by atoms with E-state index in [4.69, 9.17) is 15.2 Å². The highest BCUT2D eigenvalue weighted by atomic mass is 16.5. The molecular weight excluding hydrogens is 268 g/mol. The lowest BCUT2D eigenvalue weighted by atomic mass is 9.84. The summed E-state index contributed by atoms with van der Waals surface area (Å²) in [6, 6.07) is 5.13. The van der Waals surface area contributed by atoms with E-state index in [-0.39, 0.29) is 17.4 Å². The maximum atomic E-state index is 12.4. The van der Waals surface area contributed by atoms with Crippen LogP contribution in [-0.4, -0.2) is 32.7 Å². The maximum absolute atomic E-state index is 12.4. The van der Waals surface area contributed by atoms with E-state index in [1.807, 2.05) is 0 Å². The van der Waals surface area contributed by atoms with Gasteiger partial charge in [0.25, 0.3) is 5.91 Å². The number of amides is 1. The Morgan fingerprint density at radius 1 is 1.19 bits per heavy atom. The normalized spacial score (nSPS) is 12.7. The summed E-state index contributed by atoms with van der Waals surface area (Å²) in [6.45, 7) is 6.78. The molecule has 0 spiro atoms. The summed E-state index contributed by atoms with van der Waals surface area (Å²) >= 11 is 0. The van der Waals surface area contributed by atoms with Crippen molar-refractivity contribution in [1.29, 1.82) is 0 Å². The second kappa shape index (κ2) is 7.31. The molecule has 21 heavy (non-hydrogen) atoms. The maximum Gasteiger partial charge on any atom is 0.251 e. The molecule has 0 aliphatic rings. The monoisotopic (exact) mass is 294 g/mol. The SMILES string of the molecule is COc1cc(OC)cc(C(=O)NC(CCN)C(C)(C)C)c1. The predicted molar refractivity (Wildman–Crippen MR) is 83.9 cm³/mol. The summed E-state index contributed by atoms with van der Waals surface area (Å²) in [5, 5.41) is 3.05. The molecule has 0 saturated carbocycles. The summed E-state index contributed by atoms with van der Waals surface area (Å²) in [7, 11) is 3.12. The lowest BCUT2D eigenvalue weighted by molar-refractivity contribution is 0.0898. The number of rotatable bonds is 6. The number of carbonyl (C=O) groups is 1. The van der Waals surface area contributed by atoms with Gasteiger partial charge in [0.2, 0.25) is 0 Å². The van der Waals surface area contributed by atoms with Crippen LogP contribution in [0.25, 0.3) is 0 Å². The van der Waals surface area contributed by atoms with E-state index in [1.165, 1.54) is 0 Å². The van der Waals surface area contributed by atoms with Crippen molar-refractivity contribution in [1.82, 2.24) is 5.32 Å². The predicted octanol–water partition coefficient (Wildman–Crippen LogP) is 2.20. The molecule has 0 fully saturated rings. The van der Waals surface area contributed by atoms with Crippen molar-refractivity contribution in [3.05, 3.63) is 23.8 Å². The van der Waals surface area contributed by atoms with Gasteiger partial charge in [-0.05, 0) is 30.5 Å². The number of hydrogen-bond donors (Lipinski definition) is 2. The third-order valence-electron chi connectivity index (χ3n) is 3.42. The van der Waals surface area contributed by atoms with Gasteiger partial charge in [-0.1, -0.05) is 20.8 Å². The van der Waals surface area contributed by atoms with Crippen molar-refractivity contribution in [2.45, 2.75) is 33.2 Å². The van der Waals surface area contributed by atoms with E-state index >= 15 is 0 Å². The van der Waals surface area contributed by atoms with Crippen LogP contribution < -0.4 is 20.5 Å². The highest BCUT2D eigenvalue weighted by molar-refractivity contribution is 5.95. The lowest BCUT2D eigenvalue weighted by Crippen LogP contribution is -2.44. The molecule has 0 aliphatic carbocycles. The van der Waals surface area contributed by atoms with Crippen LogP contribution in [0.5, 0.6) is 11.5 Å². The second-order valence-corrected chi connectivity index (χ2v) is 6.07. The van der Waals surface area contributed by atoms with Crippen molar-refractivity contribution < 1.29 is 14.3 Å². The van der Waals surface area contributed by atoms with E-state index in [0.717, 1.165) is 6.42 Å². The van der Waals surface area contributed by atoms with Crippen molar-refractivity contribution in [3.8, 4) is 11.5 Å². The van der Waals surface area contributed by atoms with E-state index in [2.05, 4.69) is 26.1 Å². The highest BCUT2D eigenvalue weighted by Crippen LogP contribution is 2.25. The Balaban J connectivity index is 2.96. The Bertz CT molecular complexity index is 459. The zero-order chi connectivity index (χ0) is 16.0. The van der Waals surface area contributed by atoms with E-state index < -0.39 is 0 Å². The van der Waals surface area contributed by atoms with Gasteiger partial charge in [-0.2, -0.15) is 0 Å². The van der Waals surface area contributed by atoms with Gasteiger partial charge in [0.05, 0.1) is 14.2 Å². The van der Waals surface area contributed by atoms with Crippen molar-refractivity contribution in [2.24, 2.45) is 11.1 Å². The zero-order valence-electron chi connectivity index (χ0n) is 13.5. The summed E-state index contributed by atoms with van der Waals surface area (Å²) in [6.07, 6.45) is 0.732. The summed E-state index contributed by atoms with van der Waals surface area (Å²) < 4.78 is 10.4. The molecule has 0 radical (unpaired) electrons. The smallest absolute Gasteiger partial charge is 0.251 e. The number of benzene rings is 1. The van der Waals surface area contributed by atoms with Gasteiger partial charge >= 0.3 is 0 Å². The molecule has 1 unspecified atom stereocenters. The summed E-state index contributed by atoms with van der Waals surface area (Å²) in [5.41, 5.74) is 6.09. The summed E-state index contributed by atoms with van der Waals surface area (Å²) in [4.78, 5) is 12.4. The van der Waals surface area contributed by atoms with Crippen molar-refractivity contribution in [2.75, 3.05) is 20.8 Å². The van der Waals surface area contributed by atoms with E-state index in [9.17, 15) is 4.79 Å². The molecule has 1 aromatic carbocycles. The first-order valence-electron chi connectivity index (χ1n) is 7.05. The number of methoxy groups -OCH3 is 2. The molecule has 0 bridgehead atoms. The van der Waals surface area contributed by atoms with Gasteiger partial charge in [0, 0.05) is 17.7 Å². The third-order valence-corrected chi connectivity index (χ3v) is 3.42. The first-order chi connectivity index (χ1) is 9.81.